The number of hydrogen-bond acceptors (Lipinski definition) is 3. The first-order chi connectivity index (χ1) is 13.2. The monoisotopic (exact) mass is 375 g/mol. The Hall–Kier alpha value is -2.72. The molecular formula is C24H25NO3. The number of amides is 2. The molecule has 4 rings (SSSR count). The fourth-order valence-electron chi connectivity index (χ4n) is 3.91. The highest BCUT2D eigenvalue weighted by Crippen LogP contribution is 2.48. The average molecular weight is 375 g/mol. The van der Waals surface area contributed by atoms with Crippen LogP contribution in [0.1, 0.15) is 44.4 Å². The molecule has 0 aromatic heterocycles. The van der Waals surface area contributed by atoms with Crippen LogP contribution in [0, 0.1) is 5.41 Å². The second-order valence-electron chi connectivity index (χ2n) is 8.68. The van der Waals surface area contributed by atoms with E-state index >= 15 is 0 Å². The van der Waals surface area contributed by atoms with Gasteiger partial charge in [-0.2, -0.15) is 0 Å². The lowest BCUT2D eigenvalue weighted by Gasteiger charge is -2.43. The third-order valence-electron chi connectivity index (χ3n) is 6.02. The van der Waals surface area contributed by atoms with E-state index in [4.69, 9.17) is 4.74 Å². The number of imide groups is 1. The maximum atomic E-state index is 13.2. The van der Waals surface area contributed by atoms with Gasteiger partial charge >= 0.3 is 0 Å². The van der Waals surface area contributed by atoms with E-state index in [1.165, 1.54) is 4.90 Å². The van der Waals surface area contributed by atoms with Crippen molar-refractivity contribution in [2.45, 2.75) is 45.9 Å². The maximum absolute atomic E-state index is 13.2. The molecule has 4 nitrogen and oxygen atoms in total. The predicted molar refractivity (Wildman–Crippen MR) is 108 cm³/mol. The SMILES string of the molecule is CC(C)(C)[C@@]1(C)O[C@@H]2C(=O)N(Cc3ccccc3)C(=O)C2=Cc2ccccc21. The maximum Gasteiger partial charge on any atom is 0.263 e. The quantitative estimate of drug-likeness (QED) is 0.735. The van der Waals surface area contributed by atoms with Gasteiger partial charge in [0.1, 0.15) is 0 Å². The molecule has 2 aromatic rings. The molecule has 2 aliphatic rings. The normalized spacial score (nSPS) is 24.5. The molecule has 0 aliphatic carbocycles. The Morgan fingerprint density at radius 1 is 1.00 bits per heavy atom. The Labute approximate surface area is 165 Å². The van der Waals surface area contributed by atoms with E-state index in [9.17, 15) is 9.59 Å². The van der Waals surface area contributed by atoms with E-state index in [0.717, 1.165) is 16.7 Å². The molecule has 4 heteroatoms. The standard InChI is InChI=1S/C24H25NO3/c1-23(2,3)24(4)19-13-9-8-12-17(19)14-18-20(28-24)22(27)25(21(18)26)15-16-10-6-5-7-11-16/h5-14,20H,15H2,1-4H3/t20-,24-/m0/s1. The molecule has 0 saturated carbocycles. The van der Waals surface area contributed by atoms with Crippen molar-refractivity contribution in [3.8, 4) is 0 Å². The van der Waals surface area contributed by atoms with Crippen LogP contribution in [0.2, 0.25) is 0 Å². The van der Waals surface area contributed by atoms with Gasteiger partial charge in [0.05, 0.1) is 17.7 Å². The van der Waals surface area contributed by atoms with Gasteiger partial charge in [-0.25, -0.2) is 0 Å². The summed E-state index contributed by atoms with van der Waals surface area (Å²) in [5.41, 5.74) is 2.27. The highest BCUT2D eigenvalue weighted by atomic mass is 16.5. The van der Waals surface area contributed by atoms with E-state index < -0.39 is 11.7 Å². The molecule has 2 atom stereocenters. The minimum atomic E-state index is -0.882. The zero-order valence-corrected chi connectivity index (χ0v) is 16.7. The molecule has 2 aromatic carbocycles. The summed E-state index contributed by atoms with van der Waals surface area (Å²) in [6, 6.07) is 17.5. The lowest BCUT2D eigenvalue weighted by Crippen LogP contribution is -2.44. The Kier molecular flexibility index (Phi) is 4.27. The number of rotatable bonds is 2. The Bertz CT molecular complexity index is 971. The first kappa shape index (κ1) is 18.6. The van der Waals surface area contributed by atoms with Crippen LogP contribution in [-0.2, 0) is 26.5 Å². The zero-order valence-electron chi connectivity index (χ0n) is 16.7. The van der Waals surface area contributed by atoms with Gasteiger partial charge in [0.2, 0.25) is 0 Å². The summed E-state index contributed by atoms with van der Waals surface area (Å²) in [6.07, 6.45) is 0.954. The minimum absolute atomic E-state index is 0.254. The second kappa shape index (κ2) is 6.42. The number of benzene rings is 2. The molecular weight excluding hydrogens is 350 g/mol. The zero-order chi connectivity index (χ0) is 20.1. The summed E-state index contributed by atoms with van der Waals surface area (Å²) in [4.78, 5) is 27.7. The molecule has 0 radical (unpaired) electrons. The molecule has 28 heavy (non-hydrogen) atoms. The summed E-state index contributed by atoms with van der Waals surface area (Å²) in [7, 11) is 0. The van der Waals surface area contributed by atoms with Crippen molar-refractivity contribution < 1.29 is 14.3 Å². The van der Waals surface area contributed by atoms with Gasteiger partial charge in [-0.15, -0.1) is 0 Å². The Morgan fingerprint density at radius 3 is 2.32 bits per heavy atom. The Morgan fingerprint density at radius 2 is 1.64 bits per heavy atom. The fraction of sp³-hybridized carbons (Fsp3) is 0.333. The average Bonchev–Trinajstić information content (AvgIpc) is 2.80. The summed E-state index contributed by atoms with van der Waals surface area (Å²) >= 11 is 0. The van der Waals surface area contributed by atoms with E-state index in [1.54, 1.807) is 0 Å². The number of ether oxygens (including phenoxy) is 1. The smallest absolute Gasteiger partial charge is 0.263 e. The van der Waals surface area contributed by atoms with Crippen LogP contribution in [0.25, 0.3) is 6.08 Å². The third kappa shape index (κ3) is 2.80. The van der Waals surface area contributed by atoms with Gasteiger partial charge in [0, 0.05) is 0 Å². The third-order valence-corrected chi connectivity index (χ3v) is 6.02. The Balaban J connectivity index is 1.80. The highest BCUT2D eigenvalue weighted by molar-refractivity contribution is 6.18. The lowest BCUT2D eigenvalue weighted by atomic mass is 9.72. The molecule has 2 heterocycles. The van der Waals surface area contributed by atoms with Gasteiger partial charge in [-0.05, 0) is 35.1 Å². The van der Waals surface area contributed by atoms with Crippen LogP contribution < -0.4 is 0 Å². The molecule has 0 unspecified atom stereocenters. The number of fused-ring (bicyclic) bond motifs is 2. The van der Waals surface area contributed by atoms with Crippen LogP contribution >= 0.6 is 0 Å². The van der Waals surface area contributed by atoms with Gasteiger partial charge in [-0.1, -0.05) is 75.4 Å². The molecule has 2 amide bonds. The predicted octanol–water partition coefficient (Wildman–Crippen LogP) is 4.30. The van der Waals surface area contributed by atoms with Crippen molar-refractivity contribution in [1.82, 2.24) is 4.90 Å². The number of carbonyl (C=O) groups is 2. The van der Waals surface area contributed by atoms with E-state index in [1.807, 2.05) is 67.6 Å². The summed E-state index contributed by atoms with van der Waals surface area (Å²) < 4.78 is 6.48. The van der Waals surface area contributed by atoms with Gasteiger partial charge in [-0.3, -0.25) is 14.5 Å². The molecule has 2 aliphatic heterocycles. The minimum Gasteiger partial charge on any atom is -0.352 e. The van der Waals surface area contributed by atoms with Crippen molar-refractivity contribution in [3.05, 3.63) is 76.9 Å². The van der Waals surface area contributed by atoms with Crippen LogP contribution in [0.15, 0.2) is 60.2 Å². The molecule has 0 bridgehead atoms. The van der Waals surface area contributed by atoms with Gasteiger partial charge in [0.25, 0.3) is 11.8 Å². The van der Waals surface area contributed by atoms with Crippen molar-refractivity contribution in [1.29, 1.82) is 0 Å². The van der Waals surface area contributed by atoms with Crippen molar-refractivity contribution in [3.63, 3.8) is 0 Å². The van der Waals surface area contributed by atoms with Crippen molar-refractivity contribution >= 4 is 17.9 Å². The summed E-state index contributed by atoms with van der Waals surface area (Å²) in [6.45, 7) is 8.55. The largest absolute Gasteiger partial charge is 0.352 e. The van der Waals surface area contributed by atoms with Crippen molar-refractivity contribution in [2.75, 3.05) is 0 Å². The summed E-state index contributed by atoms with van der Waals surface area (Å²) in [5, 5.41) is 0. The van der Waals surface area contributed by atoms with Crippen molar-refractivity contribution in [2.24, 2.45) is 5.41 Å². The number of carbonyl (C=O) groups excluding carboxylic acids is 2. The number of likely N-dealkylation sites (tertiary alicyclic amines) is 1. The van der Waals surface area contributed by atoms with E-state index in [-0.39, 0.29) is 23.8 Å². The molecule has 1 fully saturated rings. The molecule has 0 N–H and O–H groups in total. The molecule has 0 spiro atoms. The molecule has 1 saturated heterocycles. The topological polar surface area (TPSA) is 46.6 Å². The van der Waals surface area contributed by atoms with Crippen LogP contribution in [-0.4, -0.2) is 22.8 Å². The fourth-order valence-corrected chi connectivity index (χ4v) is 3.91. The van der Waals surface area contributed by atoms with Gasteiger partial charge in [0.15, 0.2) is 6.10 Å². The van der Waals surface area contributed by atoms with Crippen LogP contribution in [0.4, 0.5) is 0 Å². The highest BCUT2D eigenvalue weighted by Gasteiger charge is 2.52. The second-order valence-corrected chi connectivity index (χ2v) is 8.68. The van der Waals surface area contributed by atoms with Crippen LogP contribution in [0.5, 0.6) is 0 Å². The van der Waals surface area contributed by atoms with E-state index in [2.05, 4.69) is 20.8 Å². The van der Waals surface area contributed by atoms with Gasteiger partial charge < -0.3 is 4.74 Å². The molecule has 144 valence electrons. The number of hydrogen-bond donors (Lipinski definition) is 0. The first-order valence-corrected chi connectivity index (χ1v) is 9.61. The summed E-state index contributed by atoms with van der Waals surface area (Å²) in [5.74, 6) is -0.560. The first-order valence-electron chi connectivity index (χ1n) is 9.61. The van der Waals surface area contributed by atoms with Crippen LogP contribution in [0.3, 0.4) is 0 Å². The lowest BCUT2D eigenvalue weighted by molar-refractivity contribution is -0.162. The number of nitrogens with zero attached hydrogens (tertiary/aromatic N) is 1. The van der Waals surface area contributed by atoms with E-state index in [0.29, 0.717) is 5.57 Å².